The van der Waals surface area contributed by atoms with Crippen LogP contribution in [0.2, 0.25) is 5.15 Å². The molecule has 1 aromatic carbocycles. The fourth-order valence-corrected chi connectivity index (χ4v) is 2.47. The fourth-order valence-electron chi connectivity index (χ4n) is 1.32. The summed E-state index contributed by atoms with van der Waals surface area (Å²) < 4.78 is 26.5. The summed E-state index contributed by atoms with van der Waals surface area (Å²) >= 11 is 6.86. The van der Waals surface area contributed by atoms with Crippen LogP contribution in [0, 0.1) is 11.6 Å². The standard InChI is InChI=1S/C12H9ClF2N2S/c1-2-11-16-10(13)6-12(17-11)18-9-5-7(14)3-4-8(9)15/h3-6H,2H2,1H3. The van der Waals surface area contributed by atoms with Gasteiger partial charge in [0.25, 0.3) is 0 Å². The van der Waals surface area contributed by atoms with Gasteiger partial charge in [0.2, 0.25) is 0 Å². The van der Waals surface area contributed by atoms with Crippen molar-refractivity contribution in [2.24, 2.45) is 0 Å². The largest absolute Gasteiger partial charge is 0.226 e. The van der Waals surface area contributed by atoms with Crippen molar-refractivity contribution in [3.63, 3.8) is 0 Å². The van der Waals surface area contributed by atoms with Gasteiger partial charge in [0, 0.05) is 12.5 Å². The van der Waals surface area contributed by atoms with Gasteiger partial charge in [-0.2, -0.15) is 0 Å². The third kappa shape index (κ3) is 3.17. The smallest absolute Gasteiger partial charge is 0.137 e. The van der Waals surface area contributed by atoms with Gasteiger partial charge in [-0.1, -0.05) is 30.3 Å². The first-order valence-electron chi connectivity index (χ1n) is 5.25. The van der Waals surface area contributed by atoms with E-state index >= 15 is 0 Å². The van der Waals surface area contributed by atoms with E-state index in [2.05, 4.69) is 9.97 Å². The van der Waals surface area contributed by atoms with Gasteiger partial charge in [-0.25, -0.2) is 18.7 Å². The third-order valence-corrected chi connectivity index (χ3v) is 3.29. The topological polar surface area (TPSA) is 25.8 Å². The Hall–Kier alpha value is -1.20. The summed E-state index contributed by atoms with van der Waals surface area (Å²) in [5.74, 6) is -0.411. The molecule has 0 atom stereocenters. The normalized spacial score (nSPS) is 10.7. The number of rotatable bonds is 3. The maximum Gasteiger partial charge on any atom is 0.137 e. The molecule has 1 heterocycles. The van der Waals surface area contributed by atoms with E-state index in [0.717, 1.165) is 30.0 Å². The average Bonchev–Trinajstić information content (AvgIpc) is 2.33. The lowest BCUT2D eigenvalue weighted by Gasteiger charge is -2.04. The van der Waals surface area contributed by atoms with Gasteiger partial charge < -0.3 is 0 Å². The summed E-state index contributed by atoms with van der Waals surface area (Å²) in [5, 5.41) is 0.789. The van der Waals surface area contributed by atoms with Crippen LogP contribution in [0.15, 0.2) is 34.2 Å². The summed E-state index contributed by atoms with van der Waals surface area (Å²) in [6.07, 6.45) is 0.625. The number of benzene rings is 1. The minimum absolute atomic E-state index is 0.173. The lowest BCUT2D eigenvalue weighted by Crippen LogP contribution is -1.95. The molecule has 1 aromatic heterocycles. The number of nitrogens with zero attached hydrogens (tertiary/aromatic N) is 2. The predicted octanol–water partition coefficient (Wildman–Crippen LogP) is 4.12. The van der Waals surface area contributed by atoms with Gasteiger partial charge in [-0.3, -0.25) is 0 Å². The van der Waals surface area contributed by atoms with E-state index in [9.17, 15) is 8.78 Å². The van der Waals surface area contributed by atoms with Crippen molar-refractivity contribution >= 4 is 23.4 Å². The summed E-state index contributed by atoms with van der Waals surface area (Å²) in [6, 6.07) is 4.81. The molecule has 0 fully saturated rings. The third-order valence-electron chi connectivity index (χ3n) is 2.14. The van der Waals surface area contributed by atoms with E-state index in [1.54, 1.807) is 0 Å². The lowest BCUT2D eigenvalue weighted by atomic mass is 10.3. The molecule has 0 bridgehead atoms. The first-order chi connectivity index (χ1) is 8.58. The minimum atomic E-state index is -0.491. The molecule has 0 unspecified atom stereocenters. The van der Waals surface area contributed by atoms with E-state index < -0.39 is 11.6 Å². The van der Waals surface area contributed by atoms with Crippen LogP contribution in [0.5, 0.6) is 0 Å². The summed E-state index contributed by atoms with van der Waals surface area (Å²) in [6.45, 7) is 1.89. The maximum absolute atomic E-state index is 13.5. The van der Waals surface area contributed by atoms with Crippen LogP contribution >= 0.6 is 23.4 Å². The van der Waals surface area contributed by atoms with Crippen molar-refractivity contribution in [1.29, 1.82) is 0 Å². The van der Waals surface area contributed by atoms with Crippen LogP contribution in [0.1, 0.15) is 12.7 Å². The van der Waals surface area contributed by atoms with Gasteiger partial charge >= 0.3 is 0 Å². The highest BCUT2D eigenvalue weighted by Crippen LogP contribution is 2.30. The van der Waals surface area contributed by atoms with Crippen LogP contribution in [-0.4, -0.2) is 9.97 Å². The molecule has 0 N–H and O–H groups in total. The van der Waals surface area contributed by atoms with Gasteiger partial charge in [0.1, 0.15) is 27.6 Å². The summed E-state index contributed by atoms with van der Waals surface area (Å²) in [7, 11) is 0. The van der Waals surface area contributed by atoms with Crippen molar-refractivity contribution < 1.29 is 8.78 Å². The van der Waals surface area contributed by atoms with Crippen molar-refractivity contribution in [3.8, 4) is 0 Å². The molecule has 0 radical (unpaired) electrons. The van der Waals surface area contributed by atoms with E-state index in [0.29, 0.717) is 22.4 Å². The highest BCUT2D eigenvalue weighted by atomic mass is 35.5. The Kier molecular flexibility index (Phi) is 4.14. The molecule has 0 amide bonds. The van der Waals surface area contributed by atoms with E-state index in [1.165, 1.54) is 6.07 Å². The summed E-state index contributed by atoms with van der Waals surface area (Å²) in [4.78, 5) is 8.38. The highest BCUT2D eigenvalue weighted by molar-refractivity contribution is 7.99. The molecule has 0 saturated heterocycles. The Bertz CT molecular complexity index is 578. The molecule has 94 valence electrons. The monoisotopic (exact) mass is 286 g/mol. The molecular formula is C12H9ClF2N2S. The van der Waals surface area contributed by atoms with Crippen LogP contribution in [0.4, 0.5) is 8.78 Å². The van der Waals surface area contributed by atoms with Gasteiger partial charge in [0.05, 0.1) is 4.90 Å². The zero-order valence-electron chi connectivity index (χ0n) is 9.45. The highest BCUT2D eigenvalue weighted by Gasteiger charge is 2.09. The van der Waals surface area contributed by atoms with Crippen molar-refractivity contribution in [3.05, 3.63) is 46.9 Å². The van der Waals surface area contributed by atoms with E-state index in [-0.39, 0.29) is 4.90 Å². The lowest BCUT2D eigenvalue weighted by molar-refractivity contribution is 0.577. The second-order valence-electron chi connectivity index (χ2n) is 3.48. The fraction of sp³-hybridized carbons (Fsp3) is 0.167. The Balaban J connectivity index is 2.33. The summed E-state index contributed by atoms with van der Waals surface area (Å²) in [5.41, 5.74) is 0. The number of halogens is 3. The number of hydrogen-bond donors (Lipinski definition) is 0. The molecular weight excluding hydrogens is 278 g/mol. The molecule has 2 aromatic rings. The van der Waals surface area contributed by atoms with Crippen LogP contribution in [0.25, 0.3) is 0 Å². The van der Waals surface area contributed by atoms with Crippen LogP contribution in [0.3, 0.4) is 0 Å². The van der Waals surface area contributed by atoms with Crippen molar-refractivity contribution in [2.45, 2.75) is 23.3 Å². The maximum atomic E-state index is 13.5. The number of hydrogen-bond acceptors (Lipinski definition) is 3. The van der Waals surface area contributed by atoms with E-state index in [1.807, 2.05) is 6.92 Å². The molecule has 0 saturated carbocycles. The predicted molar refractivity (Wildman–Crippen MR) is 66.9 cm³/mol. The van der Waals surface area contributed by atoms with Crippen LogP contribution in [-0.2, 0) is 6.42 Å². The quantitative estimate of drug-likeness (QED) is 0.794. The Morgan fingerprint density at radius 3 is 2.72 bits per heavy atom. The van der Waals surface area contributed by atoms with E-state index in [4.69, 9.17) is 11.6 Å². The van der Waals surface area contributed by atoms with Crippen molar-refractivity contribution in [1.82, 2.24) is 9.97 Å². The Labute approximate surface area is 112 Å². The second kappa shape index (κ2) is 5.63. The Morgan fingerprint density at radius 2 is 2.00 bits per heavy atom. The molecule has 0 aliphatic rings. The minimum Gasteiger partial charge on any atom is -0.226 e. The SMILES string of the molecule is CCc1nc(Cl)cc(Sc2cc(F)ccc2F)n1. The molecule has 0 aliphatic carbocycles. The average molecular weight is 287 g/mol. The van der Waals surface area contributed by atoms with Gasteiger partial charge in [-0.05, 0) is 18.2 Å². The zero-order chi connectivity index (χ0) is 13.1. The van der Waals surface area contributed by atoms with Gasteiger partial charge in [0.15, 0.2) is 0 Å². The van der Waals surface area contributed by atoms with Crippen molar-refractivity contribution in [2.75, 3.05) is 0 Å². The number of aryl methyl sites for hydroxylation is 1. The Morgan fingerprint density at radius 1 is 1.22 bits per heavy atom. The number of aromatic nitrogens is 2. The molecule has 0 aliphatic heterocycles. The molecule has 0 spiro atoms. The first-order valence-corrected chi connectivity index (χ1v) is 6.44. The second-order valence-corrected chi connectivity index (χ2v) is 4.92. The molecule has 6 heteroatoms. The first kappa shape index (κ1) is 13.2. The molecule has 2 rings (SSSR count). The van der Waals surface area contributed by atoms with Gasteiger partial charge in [-0.15, -0.1) is 0 Å². The zero-order valence-corrected chi connectivity index (χ0v) is 11.0. The molecule has 2 nitrogen and oxygen atoms in total. The molecule has 18 heavy (non-hydrogen) atoms. The van der Waals surface area contributed by atoms with Crippen LogP contribution < -0.4 is 0 Å².